The van der Waals surface area contributed by atoms with Gasteiger partial charge in [0.2, 0.25) is 0 Å². The second-order valence-electron chi connectivity index (χ2n) is 3.17. The molecule has 0 aliphatic heterocycles. The largest absolute Gasteiger partial charge is 0.457 e. The number of benzene rings is 2. The maximum absolute atomic E-state index is 8.87. The monoisotopic (exact) mass is 273 g/mol. The van der Waals surface area contributed by atoms with Crippen molar-refractivity contribution in [3.63, 3.8) is 0 Å². The van der Waals surface area contributed by atoms with Gasteiger partial charge in [0.25, 0.3) is 0 Å². The molecule has 2 aromatic rings. The molecule has 0 heterocycles. The molecule has 0 saturated carbocycles. The van der Waals surface area contributed by atoms with Crippen molar-refractivity contribution < 1.29 is 4.74 Å². The summed E-state index contributed by atoms with van der Waals surface area (Å²) in [5.41, 5.74) is 0.563. The van der Waals surface area contributed by atoms with Crippen LogP contribution in [-0.4, -0.2) is 0 Å². The molecule has 0 atom stereocenters. The first-order chi connectivity index (χ1) is 7.79. The lowest BCUT2D eigenvalue weighted by Gasteiger charge is -2.05. The molecule has 0 aromatic heterocycles. The van der Waals surface area contributed by atoms with E-state index in [2.05, 4.69) is 22.0 Å². The van der Waals surface area contributed by atoms with Crippen LogP contribution in [0.4, 0.5) is 0 Å². The Balaban J connectivity index is 2.27. The number of rotatable bonds is 2. The van der Waals surface area contributed by atoms with Crippen LogP contribution in [0.5, 0.6) is 11.5 Å². The minimum absolute atomic E-state index is 0.563. The maximum atomic E-state index is 8.87. The fraction of sp³-hybridized carbons (Fsp3) is 0. The van der Waals surface area contributed by atoms with Crippen LogP contribution in [0.15, 0.2) is 53.0 Å². The number of halogens is 1. The van der Waals surface area contributed by atoms with E-state index in [1.807, 2.05) is 36.4 Å². The molecule has 2 nitrogen and oxygen atoms in total. The van der Waals surface area contributed by atoms with Crippen LogP contribution in [0.2, 0.25) is 0 Å². The van der Waals surface area contributed by atoms with Crippen molar-refractivity contribution in [1.29, 1.82) is 5.26 Å². The Morgan fingerprint density at radius 3 is 2.44 bits per heavy atom. The summed E-state index contributed by atoms with van der Waals surface area (Å²) in [7, 11) is 0. The summed E-state index contributed by atoms with van der Waals surface area (Å²) in [5.74, 6) is 1.42. The quantitative estimate of drug-likeness (QED) is 0.825. The van der Waals surface area contributed by atoms with E-state index in [0.717, 1.165) is 10.2 Å². The van der Waals surface area contributed by atoms with Gasteiger partial charge < -0.3 is 4.74 Å². The Labute approximate surface area is 102 Å². The molecule has 0 N–H and O–H groups in total. The van der Waals surface area contributed by atoms with Crippen molar-refractivity contribution in [2.45, 2.75) is 0 Å². The van der Waals surface area contributed by atoms with Crippen molar-refractivity contribution in [3.05, 3.63) is 58.6 Å². The fourth-order valence-electron chi connectivity index (χ4n) is 1.28. The summed E-state index contributed by atoms with van der Waals surface area (Å²) >= 11 is 3.30. The zero-order valence-corrected chi connectivity index (χ0v) is 9.94. The predicted octanol–water partition coefficient (Wildman–Crippen LogP) is 4.11. The summed E-state index contributed by atoms with van der Waals surface area (Å²) < 4.78 is 6.38. The molecule has 0 radical (unpaired) electrons. The highest BCUT2D eigenvalue weighted by molar-refractivity contribution is 9.10. The molecular formula is C13H8BrNO. The number of nitriles is 1. The van der Waals surface area contributed by atoms with Crippen LogP contribution in [0.25, 0.3) is 0 Å². The number of ether oxygens (including phenoxy) is 1. The van der Waals surface area contributed by atoms with Gasteiger partial charge in [-0.25, -0.2) is 0 Å². The normalized spacial score (nSPS) is 9.50. The summed E-state index contributed by atoms with van der Waals surface area (Å²) in [5, 5.41) is 8.87. The Bertz CT molecular complexity index is 531. The van der Waals surface area contributed by atoms with Gasteiger partial charge in [-0.1, -0.05) is 18.2 Å². The Kier molecular flexibility index (Phi) is 3.23. The maximum Gasteiger partial charge on any atom is 0.128 e. The van der Waals surface area contributed by atoms with Gasteiger partial charge in [-0.3, -0.25) is 0 Å². The van der Waals surface area contributed by atoms with E-state index in [4.69, 9.17) is 10.00 Å². The molecule has 0 spiro atoms. The first kappa shape index (κ1) is 10.7. The molecule has 3 heteroatoms. The minimum Gasteiger partial charge on any atom is -0.457 e. The summed E-state index contributed by atoms with van der Waals surface area (Å²) in [6.07, 6.45) is 0. The van der Waals surface area contributed by atoms with Gasteiger partial charge in [0, 0.05) is 4.47 Å². The molecule has 2 aromatic carbocycles. The summed E-state index contributed by atoms with van der Waals surface area (Å²) in [6.45, 7) is 0. The van der Waals surface area contributed by atoms with E-state index in [-0.39, 0.29) is 0 Å². The second-order valence-corrected chi connectivity index (χ2v) is 4.02. The average molecular weight is 274 g/mol. The van der Waals surface area contributed by atoms with Crippen LogP contribution in [0.1, 0.15) is 5.56 Å². The molecule has 0 fully saturated rings. The van der Waals surface area contributed by atoms with E-state index in [0.29, 0.717) is 11.3 Å². The zero-order valence-electron chi connectivity index (χ0n) is 8.35. The number of nitrogens with zero attached hydrogens (tertiary/aromatic N) is 1. The smallest absolute Gasteiger partial charge is 0.128 e. The molecule has 0 amide bonds. The lowest BCUT2D eigenvalue weighted by molar-refractivity contribution is 0.482. The third kappa shape index (κ3) is 2.41. The number of hydrogen-bond donors (Lipinski definition) is 0. The number of hydrogen-bond acceptors (Lipinski definition) is 2. The van der Waals surface area contributed by atoms with E-state index in [1.165, 1.54) is 0 Å². The predicted molar refractivity (Wildman–Crippen MR) is 65.4 cm³/mol. The van der Waals surface area contributed by atoms with Gasteiger partial charge >= 0.3 is 0 Å². The van der Waals surface area contributed by atoms with E-state index in [9.17, 15) is 0 Å². The van der Waals surface area contributed by atoms with Crippen molar-refractivity contribution >= 4 is 15.9 Å². The first-order valence-corrected chi connectivity index (χ1v) is 5.51. The summed E-state index contributed by atoms with van der Waals surface area (Å²) in [4.78, 5) is 0. The van der Waals surface area contributed by atoms with Crippen LogP contribution in [-0.2, 0) is 0 Å². The Hall–Kier alpha value is -1.79. The minimum atomic E-state index is 0.563. The molecule has 78 valence electrons. The standard InChI is InChI=1S/C13H8BrNO/c14-13-7-6-12(8-10(13)9-15)16-11-4-2-1-3-5-11/h1-8H. The van der Waals surface area contributed by atoms with Gasteiger partial charge in [0.1, 0.15) is 17.6 Å². The molecule has 0 saturated heterocycles. The lowest BCUT2D eigenvalue weighted by atomic mass is 10.2. The molecule has 0 aliphatic rings. The van der Waals surface area contributed by atoms with Gasteiger partial charge in [0.15, 0.2) is 0 Å². The van der Waals surface area contributed by atoms with E-state index in [1.54, 1.807) is 12.1 Å². The molecule has 0 aliphatic carbocycles. The van der Waals surface area contributed by atoms with Crippen molar-refractivity contribution in [2.24, 2.45) is 0 Å². The highest BCUT2D eigenvalue weighted by Crippen LogP contribution is 2.25. The van der Waals surface area contributed by atoms with Gasteiger partial charge in [-0.2, -0.15) is 5.26 Å². The first-order valence-electron chi connectivity index (χ1n) is 4.72. The highest BCUT2D eigenvalue weighted by atomic mass is 79.9. The van der Waals surface area contributed by atoms with E-state index >= 15 is 0 Å². The van der Waals surface area contributed by atoms with Crippen LogP contribution < -0.4 is 4.74 Å². The van der Waals surface area contributed by atoms with Gasteiger partial charge in [0.05, 0.1) is 5.56 Å². The SMILES string of the molecule is N#Cc1cc(Oc2ccccc2)ccc1Br. The molecule has 0 bridgehead atoms. The molecule has 2 rings (SSSR count). The van der Waals surface area contributed by atoms with Gasteiger partial charge in [-0.05, 0) is 46.3 Å². The third-order valence-electron chi connectivity index (χ3n) is 2.04. The number of para-hydroxylation sites is 1. The van der Waals surface area contributed by atoms with Crippen molar-refractivity contribution in [1.82, 2.24) is 0 Å². The topological polar surface area (TPSA) is 33.0 Å². The fourth-order valence-corrected chi connectivity index (χ4v) is 1.61. The third-order valence-corrected chi connectivity index (χ3v) is 2.73. The Morgan fingerprint density at radius 1 is 1.00 bits per heavy atom. The van der Waals surface area contributed by atoms with Crippen molar-refractivity contribution in [3.8, 4) is 17.6 Å². The highest BCUT2D eigenvalue weighted by Gasteiger charge is 2.02. The van der Waals surface area contributed by atoms with Crippen molar-refractivity contribution in [2.75, 3.05) is 0 Å². The van der Waals surface area contributed by atoms with Crippen LogP contribution in [0.3, 0.4) is 0 Å². The molecule has 16 heavy (non-hydrogen) atoms. The zero-order chi connectivity index (χ0) is 11.4. The molecular weight excluding hydrogens is 266 g/mol. The molecule has 0 unspecified atom stereocenters. The van der Waals surface area contributed by atoms with Crippen LogP contribution >= 0.6 is 15.9 Å². The summed E-state index contributed by atoms with van der Waals surface area (Å²) in [6, 6.07) is 16.9. The van der Waals surface area contributed by atoms with E-state index < -0.39 is 0 Å². The Morgan fingerprint density at radius 2 is 1.75 bits per heavy atom. The second kappa shape index (κ2) is 4.82. The van der Waals surface area contributed by atoms with Crippen LogP contribution in [0, 0.1) is 11.3 Å². The average Bonchev–Trinajstić information content (AvgIpc) is 2.33. The van der Waals surface area contributed by atoms with Gasteiger partial charge in [-0.15, -0.1) is 0 Å². The lowest BCUT2D eigenvalue weighted by Crippen LogP contribution is -1.85.